The van der Waals surface area contributed by atoms with E-state index in [0.717, 1.165) is 22.6 Å². The van der Waals surface area contributed by atoms with Gasteiger partial charge in [-0.2, -0.15) is 0 Å². The van der Waals surface area contributed by atoms with Crippen LogP contribution < -0.4 is 5.32 Å². The van der Waals surface area contributed by atoms with Gasteiger partial charge in [-0.1, -0.05) is 29.4 Å². The third-order valence-corrected chi connectivity index (χ3v) is 3.85. The Balaban J connectivity index is 1.97. The number of nitrogens with zero attached hydrogens (tertiary/aromatic N) is 2. The molecule has 0 spiro atoms. The third kappa shape index (κ3) is 4.72. The molecule has 1 aromatic carbocycles. The monoisotopic (exact) mass is 321 g/mol. The van der Waals surface area contributed by atoms with Gasteiger partial charge in [-0.05, 0) is 44.5 Å². The predicted octanol–water partition coefficient (Wildman–Crippen LogP) is 3.79. The Bertz CT molecular complexity index is 656. The Kier molecular flexibility index (Phi) is 5.20. The van der Waals surface area contributed by atoms with Gasteiger partial charge in [0, 0.05) is 22.1 Å². The van der Waals surface area contributed by atoms with Crippen LogP contribution in [0.15, 0.2) is 29.4 Å². The highest BCUT2D eigenvalue weighted by molar-refractivity contribution is 7.99. The second kappa shape index (κ2) is 6.91. The maximum Gasteiger partial charge on any atom is 0.234 e. The lowest BCUT2D eigenvalue weighted by Crippen LogP contribution is -2.15. The van der Waals surface area contributed by atoms with E-state index in [1.807, 2.05) is 32.9 Å². The summed E-state index contributed by atoms with van der Waals surface area (Å²) in [4.78, 5) is 20.6. The van der Waals surface area contributed by atoms with E-state index in [9.17, 15) is 4.79 Å². The number of carbonyl (C=O) groups excluding carboxylic acids is 1. The van der Waals surface area contributed by atoms with Gasteiger partial charge in [-0.3, -0.25) is 4.79 Å². The number of anilines is 1. The average Bonchev–Trinajstić information content (AvgIpc) is 2.40. The first-order chi connectivity index (χ1) is 9.94. The summed E-state index contributed by atoms with van der Waals surface area (Å²) in [5, 5.41) is 4.07. The minimum Gasteiger partial charge on any atom is -0.325 e. The summed E-state index contributed by atoms with van der Waals surface area (Å²) < 4.78 is 0. The van der Waals surface area contributed by atoms with Crippen LogP contribution in [0.5, 0.6) is 0 Å². The summed E-state index contributed by atoms with van der Waals surface area (Å²) in [7, 11) is 0. The van der Waals surface area contributed by atoms with Gasteiger partial charge in [0.1, 0.15) is 0 Å². The van der Waals surface area contributed by atoms with Crippen LogP contribution in [0.3, 0.4) is 0 Å². The zero-order valence-corrected chi connectivity index (χ0v) is 13.7. The van der Waals surface area contributed by atoms with Gasteiger partial charge in [-0.15, -0.1) is 0 Å². The van der Waals surface area contributed by atoms with Crippen LogP contribution in [0.1, 0.15) is 17.0 Å². The molecule has 2 aromatic rings. The van der Waals surface area contributed by atoms with E-state index in [4.69, 9.17) is 11.6 Å². The molecule has 21 heavy (non-hydrogen) atoms. The number of aryl methyl sites for hydroxylation is 3. The van der Waals surface area contributed by atoms with Crippen LogP contribution in [0.2, 0.25) is 5.02 Å². The Morgan fingerprint density at radius 3 is 2.52 bits per heavy atom. The van der Waals surface area contributed by atoms with Crippen LogP contribution in [0.25, 0.3) is 0 Å². The fourth-order valence-electron chi connectivity index (χ4n) is 1.80. The first-order valence-electron chi connectivity index (χ1n) is 6.45. The molecule has 0 atom stereocenters. The average molecular weight is 322 g/mol. The van der Waals surface area contributed by atoms with Gasteiger partial charge >= 0.3 is 0 Å². The molecule has 0 saturated carbocycles. The third-order valence-electron chi connectivity index (χ3n) is 2.77. The molecule has 0 radical (unpaired) electrons. The number of nitrogens with one attached hydrogen (secondary N) is 1. The molecule has 1 aromatic heterocycles. The number of thioether (sulfide) groups is 1. The molecule has 4 nitrogen and oxygen atoms in total. The number of hydrogen-bond acceptors (Lipinski definition) is 4. The Morgan fingerprint density at radius 2 is 1.86 bits per heavy atom. The Hall–Kier alpha value is -1.59. The van der Waals surface area contributed by atoms with E-state index in [0.29, 0.717) is 10.2 Å². The Morgan fingerprint density at radius 1 is 1.19 bits per heavy atom. The molecule has 0 saturated heterocycles. The molecule has 1 heterocycles. The highest BCUT2D eigenvalue weighted by atomic mass is 35.5. The number of benzene rings is 1. The summed E-state index contributed by atoms with van der Waals surface area (Å²) in [6.45, 7) is 5.74. The molecule has 0 aliphatic carbocycles. The summed E-state index contributed by atoms with van der Waals surface area (Å²) in [6.07, 6.45) is 0. The highest BCUT2D eigenvalue weighted by Crippen LogP contribution is 2.21. The first kappa shape index (κ1) is 15.8. The van der Waals surface area contributed by atoms with Crippen LogP contribution in [0.4, 0.5) is 5.69 Å². The second-order valence-electron chi connectivity index (χ2n) is 4.73. The van der Waals surface area contributed by atoms with E-state index in [2.05, 4.69) is 15.3 Å². The summed E-state index contributed by atoms with van der Waals surface area (Å²) in [5.74, 6) is 0.155. The summed E-state index contributed by atoms with van der Waals surface area (Å²) >= 11 is 7.25. The van der Waals surface area contributed by atoms with Crippen molar-refractivity contribution in [2.45, 2.75) is 25.9 Å². The van der Waals surface area contributed by atoms with Crippen LogP contribution in [-0.4, -0.2) is 21.6 Å². The van der Waals surface area contributed by atoms with Crippen LogP contribution in [0, 0.1) is 20.8 Å². The van der Waals surface area contributed by atoms with Crippen molar-refractivity contribution >= 4 is 35.0 Å². The lowest BCUT2D eigenvalue weighted by Gasteiger charge is -2.08. The van der Waals surface area contributed by atoms with Gasteiger partial charge < -0.3 is 5.32 Å². The van der Waals surface area contributed by atoms with E-state index in [1.165, 1.54) is 11.8 Å². The SMILES string of the molecule is Cc1cc(C)nc(SCC(=O)Nc2cc(Cl)ccc2C)n1. The first-order valence-corrected chi connectivity index (χ1v) is 7.81. The number of aromatic nitrogens is 2. The van der Waals surface area contributed by atoms with Crippen molar-refractivity contribution < 1.29 is 4.79 Å². The molecule has 1 N–H and O–H groups in total. The molecule has 0 fully saturated rings. The predicted molar refractivity (Wildman–Crippen MR) is 87.0 cm³/mol. The van der Waals surface area contributed by atoms with E-state index in [1.54, 1.807) is 12.1 Å². The Labute approximate surface area is 133 Å². The summed E-state index contributed by atoms with van der Waals surface area (Å²) in [6, 6.07) is 7.31. The van der Waals surface area contributed by atoms with Crippen molar-refractivity contribution in [2.75, 3.05) is 11.1 Å². The van der Waals surface area contributed by atoms with Crippen LogP contribution in [-0.2, 0) is 4.79 Å². The maximum absolute atomic E-state index is 12.0. The number of rotatable bonds is 4. The number of amides is 1. The molecular weight excluding hydrogens is 306 g/mol. The standard InChI is InChI=1S/C15H16ClN3OS/c1-9-4-5-12(16)7-13(9)19-14(20)8-21-15-17-10(2)6-11(3)18-15/h4-7H,8H2,1-3H3,(H,19,20). The van der Waals surface area contributed by atoms with E-state index in [-0.39, 0.29) is 11.7 Å². The van der Waals surface area contributed by atoms with Crippen molar-refractivity contribution in [1.29, 1.82) is 0 Å². The van der Waals surface area contributed by atoms with Crippen molar-refractivity contribution in [3.63, 3.8) is 0 Å². The fourth-order valence-corrected chi connectivity index (χ4v) is 2.72. The number of hydrogen-bond donors (Lipinski definition) is 1. The normalized spacial score (nSPS) is 10.5. The zero-order chi connectivity index (χ0) is 15.4. The van der Waals surface area contributed by atoms with Crippen molar-refractivity contribution in [1.82, 2.24) is 9.97 Å². The van der Waals surface area contributed by atoms with E-state index >= 15 is 0 Å². The van der Waals surface area contributed by atoms with Gasteiger partial charge in [0.05, 0.1) is 5.75 Å². The van der Waals surface area contributed by atoms with Gasteiger partial charge in [0.15, 0.2) is 5.16 Å². The zero-order valence-electron chi connectivity index (χ0n) is 12.1. The fraction of sp³-hybridized carbons (Fsp3) is 0.267. The van der Waals surface area contributed by atoms with Gasteiger partial charge in [0.25, 0.3) is 0 Å². The number of halogens is 1. The molecule has 2 rings (SSSR count). The lowest BCUT2D eigenvalue weighted by molar-refractivity contribution is -0.113. The molecular formula is C15H16ClN3OS. The quantitative estimate of drug-likeness (QED) is 0.687. The molecule has 1 amide bonds. The minimum atomic E-state index is -0.104. The van der Waals surface area contributed by atoms with Gasteiger partial charge in [0.2, 0.25) is 5.91 Å². The van der Waals surface area contributed by atoms with E-state index < -0.39 is 0 Å². The lowest BCUT2D eigenvalue weighted by atomic mass is 10.2. The molecule has 0 bridgehead atoms. The molecule has 0 aliphatic rings. The van der Waals surface area contributed by atoms with Crippen molar-refractivity contribution in [3.05, 3.63) is 46.2 Å². The van der Waals surface area contributed by atoms with Crippen LogP contribution >= 0.6 is 23.4 Å². The van der Waals surface area contributed by atoms with Crippen molar-refractivity contribution in [2.24, 2.45) is 0 Å². The summed E-state index contributed by atoms with van der Waals surface area (Å²) in [5.41, 5.74) is 3.50. The number of carbonyl (C=O) groups is 1. The highest BCUT2D eigenvalue weighted by Gasteiger charge is 2.08. The second-order valence-corrected chi connectivity index (χ2v) is 6.11. The molecule has 6 heteroatoms. The minimum absolute atomic E-state index is 0.104. The van der Waals surface area contributed by atoms with Gasteiger partial charge in [-0.25, -0.2) is 9.97 Å². The maximum atomic E-state index is 12.0. The topological polar surface area (TPSA) is 54.9 Å². The van der Waals surface area contributed by atoms with Crippen molar-refractivity contribution in [3.8, 4) is 0 Å². The molecule has 110 valence electrons. The largest absolute Gasteiger partial charge is 0.325 e. The smallest absolute Gasteiger partial charge is 0.234 e. The molecule has 0 aliphatic heterocycles. The molecule has 0 unspecified atom stereocenters.